The van der Waals surface area contributed by atoms with Gasteiger partial charge >= 0.3 is 0 Å². The van der Waals surface area contributed by atoms with Crippen LogP contribution in [0, 0.1) is 0 Å². The lowest BCUT2D eigenvalue weighted by Crippen LogP contribution is -2.50. The van der Waals surface area contributed by atoms with Gasteiger partial charge < -0.3 is 19.7 Å². The van der Waals surface area contributed by atoms with Crippen LogP contribution in [0.3, 0.4) is 0 Å². The molecule has 30 heavy (non-hydrogen) atoms. The number of carbonyl (C=O) groups excluding carboxylic acids is 2. The number of hydrogen-bond donors (Lipinski definition) is 1. The number of amides is 2. The van der Waals surface area contributed by atoms with Crippen molar-refractivity contribution < 1.29 is 9.59 Å². The number of H-pyrrole nitrogens is 1. The molecule has 2 amide bonds. The summed E-state index contributed by atoms with van der Waals surface area (Å²) in [5.74, 6) is 0.116. The van der Waals surface area contributed by atoms with E-state index in [1.165, 1.54) is 19.0 Å². The molecular weight excluding hydrogens is 382 g/mol. The molecule has 2 saturated heterocycles. The van der Waals surface area contributed by atoms with Crippen molar-refractivity contribution in [2.45, 2.75) is 44.2 Å². The summed E-state index contributed by atoms with van der Waals surface area (Å²) in [7, 11) is 0. The lowest BCUT2D eigenvalue weighted by atomic mass is 10.1. The minimum atomic E-state index is -0.296. The van der Waals surface area contributed by atoms with Crippen LogP contribution in [0.5, 0.6) is 0 Å². The van der Waals surface area contributed by atoms with Gasteiger partial charge in [-0.3, -0.25) is 19.4 Å². The Morgan fingerprint density at radius 3 is 2.70 bits per heavy atom. The lowest BCUT2D eigenvalue weighted by molar-refractivity contribution is -0.133. The molecule has 158 valence electrons. The van der Waals surface area contributed by atoms with E-state index in [1.807, 2.05) is 9.80 Å². The molecule has 8 nitrogen and oxygen atoms in total. The van der Waals surface area contributed by atoms with Gasteiger partial charge in [-0.05, 0) is 51.4 Å². The van der Waals surface area contributed by atoms with Crippen molar-refractivity contribution in [2.75, 3.05) is 32.7 Å². The minimum Gasteiger partial charge on any atom is -0.336 e. The summed E-state index contributed by atoms with van der Waals surface area (Å²) < 4.78 is 0. The van der Waals surface area contributed by atoms with E-state index in [2.05, 4.69) is 14.9 Å². The number of pyridine rings is 2. The van der Waals surface area contributed by atoms with E-state index >= 15 is 0 Å². The van der Waals surface area contributed by atoms with Crippen molar-refractivity contribution in [3.05, 3.63) is 40.4 Å². The molecule has 1 saturated carbocycles. The highest BCUT2D eigenvalue weighted by Gasteiger charge is 2.52. The number of nitrogens with one attached hydrogen (secondary N) is 1. The van der Waals surface area contributed by atoms with E-state index in [0.29, 0.717) is 30.5 Å². The number of nitrogens with zero attached hydrogens (tertiary/aromatic N) is 4. The van der Waals surface area contributed by atoms with Gasteiger partial charge in [-0.2, -0.15) is 0 Å². The van der Waals surface area contributed by atoms with Gasteiger partial charge in [0.1, 0.15) is 5.52 Å². The molecule has 3 fully saturated rings. The summed E-state index contributed by atoms with van der Waals surface area (Å²) in [6.07, 6.45) is 7.92. The van der Waals surface area contributed by atoms with Crippen molar-refractivity contribution in [3.8, 4) is 0 Å². The molecule has 2 atom stereocenters. The maximum absolute atomic E-state index is 13.2. The highest BCUT2D eigenvalue weighted by Crippen LogP contribution is 2.38. The topological polar surface area (TPSA) is 89.6 Å². The number of aromatic amines is 1. The number of aromatic nitrogens is 2. The highest BCUT2D eigenvalue weighted by atomic mass is 16.2. The maximum atomic E-state index is 13.2. The van der Waals surface area contributed by atoms with Crippen molar-refractivity contribution in [1.29, 1.82) is 0 Å². The first-order valence-corrected chi connectivity index (χ1v) is 10.9. The van der Waals surface area contributed by atoms with Crippen LogP contribution in [0.15, 0.2) is 29.3 Å². The van der Waals surface area contributed by atoms with Crippen LogP contribution in [0.4, 0.5) is 0 Å². The van der Waals surface area contributed by atoms with E-state index in [4.69, 9.17) is 0 Å². The predicted molar refractivity (Wildman–Crippen MR) is 112 cm³/mol. The van der Waals surface area contributed by atoms with E-state index < -0.39 is 0 Å². The molecule has 8 heteroatoms. The number of fused-ring (bicyclic) bond motifs is 2. The van der Waals surface area contributed by atoms with Crippen molar-refractivity contribution in [3.63, 3.8) is 0 Å². The normalized spacial score (nSPS) is 23.6. The van der Waals surface area contributed by atoms with Crippen LogP contribution in [0.2, 0.25) is 0 Å². The zero-order chi connectivity index (χ0) is 20.7. The van der Waals surface area contributed by atoms with E-state index in [9.17, 15) is 14.4 Å². The molecule has 0 bridgehead atoms. The molecule has 5 rings (SSSR count). The number of piperazine rings is 1. The Labute approximate surface area is 174 Å². The molecule has 2 aliphatic heterocycles. The third-order valence-corrected chi connectivity index (χ3v) is 6.64. The Morgan fingerprint density at radius 1 is 1.10 bits per heavy atom. The fourth-order valence-electron chi connectivity index (χ4n) is 4.97. The maximum Gasteiger partial charge on any atom is 0.274 e. The number of hydrogen-bond acceptors (Lipinski definition) is 5. The van der Waals surface area contributed by atoms with Gasteiger partial charge in [0.15, 0.2) is 0 Å². The molecule has 0 spiro atoms. The average Bonchev–Trinajstić information content (AvgIpc) is 3.40. The largest absolute Gasteiger partial charge is 0.336 e. The Bertz CT molecular complexity index is 1030. The summed E-state index contributed by atoms with van der Waals surface area (Å²) in [4.78, 5) is 51.0. The molecule has 3 aliphatic rings. The van der Waals surface area contributed by atoms with Crippen molar-refractivity contribution in [2.24, 2.45) is 0 Å². The van der Waals surface area contributed by atoms with E-state index in [1.54, 1.807) is 18.3 Å². The summed E-state index contributed by atoms with van der Waals surface area (Å²) in [5.41, 5.74) is 0.451. The second kappa shape index (κ2) is 7.83. The predicted octanol–water partition coefficient (Wildman–Crippen LogP) is 1.22. The fourth-order valence-corrected chi connectivity index (χ4v) is 4.97. The quantitative estimate of drug-likeness (QED) is 0.802. The molecule has 0 aromatic carbocycles. The van der Waals surface area contributed by atoms with Crippen LogP contribution in [0.25, 0.3) is 10.9 Å². The zero-order valence-electron chi connectivity index (χ0n) is 17.0. The number of rotatable bonds is 5. The third-order valence-electron chi connectivity index (χ3n) is 6.64. The number of carbonyl (C=O) groups is 2. The van der Waals surface area contributed by atoms with Gasteiger partial charge in [-0.1, -0.05) is 6.07 Å². The van der Waals surface area contributed by atoms with Crippen LogP contribution in [-0.4, -0.2) is 81.3 Å². The van der Waals surface area contributed by atoms with Crippen LogP contribution in [-0.2, 0) is 4.79 Å². The molecule has 2 aromatic rings. The van der Waals surface area contributed by atoms with Gasteiger partial charge in [0.2, 0.25) is 5.91 Å². The van der Waals surface area contributed by atoms with Gasteiger partial charge in [0, 0.05) is 37.3 Å². The van der Waals surface area contributed by atoms with Crippen LogP contribution < -0.4 is 5.56 Å². The molecular formula is C22H27N5O3. The molecule has 2 aromatic heterocycles. The van der Waals surface area contributed by atoms with Gasteiger partial charge in [0.05, 0.1) is 17.6 Å². The Balaban J connectivity index is 1.22. The lowest BCUT2D eigenvalue weighted by Gasteiger charge is -2.34. The Kier molecular flexibility index (Phi) is 5.02. The van der Waals surface area contributed by atoms with Gasteiger partial charge in [-0.15, -0.1) is 0 Å². The first-order chi connectivity index (χ1) is 14.6. The highest BCUT2D eigenvalue weighted by molar-refractivity contribution is 6.06. The minimum absolute atomic E-state index is 0.0763. The molecule has 1 aliphatic carbocycles. The average molecular weight is 409 g/mol. The van der Waals surface area contributed by atoms with Gasteiger partial charge in [0.25, 0.3) is 11.5 Å². The molecule has 4 heterocycles. The second-order valence-corrected chi connectivity index (χ2v) is 8.54. The summed E-state index contributed by atoms with van der Waals surface area (Å²) in [6, 6.07) is 3.70. The number of likely N-dealkylation sites (tertiary alicyclic amines) is 1. The standard InChI is InChI=1S/C22H27N5O3/c28-19(6-4-10-25-8-1-2-9-25)26-11-12-27(18-13-17(18)26)22(30)16-14-24-21(29)20-15(16)5-3-7-23-20/h3,5,7,14,17-18H,1-2,4,6,8-13H2,(H,24,29). The first kappa shape index (κ1) is 19.2. The summed E-state index contributed by atoms with van der Waals surface area (Å²) in [6.45, 7) is 4.43. The summed E-state index contributed by atoms with van der Waals surface area (Å²) >= 11 is 0. The second-order valence-electron chi connectivity index (χ2n) is 8.54. The van der Waals surface area contributed by atoms with Crippen LogP contribution in [0.1, 0.15) is 42.5 Å². The zero-order valence-corrected chi connectivity index (χ0v) is 17.0. The molecule has 2 unspecified atom stereocenters. The summed E-state index contributed by atoms with van der Waals surface area (Å²) in [5, 5.41) is 0.573. The van der Waals surface area contributed by atoms with E-state index in [0.717, 1.165) is 32.5 Å². The Morgan fingerprint density at radius 2 is 1.87 bits per heavy atom. The van der Waals surface area contributed by atoms with E-state index in [-0.39, 0.29) is 35.0 Å². The SMILES string of the molecule is O=C(CCCN1CCCC1)N1CCN(C(=O)c2c[nH]c(=O)c3ncccc23)C2CC21. The molecule has 1 N–H and O–H groups in total. The van der Waals surface area contributed by atoms with Gasteiger partial charge in [-0.25, -0.2) is 0 Å². The fraction of sp³-hybridized carbons (Fsp3) is 0.545. The Hall–Kier alpha value is -2.74. The third kappa shape index (κ3) is 3.49. The van der Waals surface area contributed by atoms with Crippen molar-refractivity contribution >= 4 is 22.7 Å². The first-order valence-electron chi connectivity index (χ1n) is 10.9. The molecule has 0 radical (unpaired) electrons. The smallest absolute Gasteiger partial charge is 0.274 e. The monoisotopic (exact) mass is 409 g/mol. The van der Waals surface area contributed by atoms with Crippen molar-refractivity contribution in [1.82, 2.24) is 24.7 Å². The van der Waals surface area contributed by atoms with Crippen LogP contribution >= 0.6 is 0 Å².